The van der Waals surface area contributed by atoms with E-state index in [1.54, 1.807) is 19.1 Å². The molecule has 0 N–H and O–H groups in total. The monoisotopic (exact) mass is 192 g/mol. The van der Waals surface area contributed by atoms with E-state index in [-0.39, 0.29) is 5.97 Å². The molecule has 0 aromatic rings. The van der Waals surface area contributed by atoms with E-state index < -0.39 is 0 Å². The minimum absolute atomic E-state index is 0.366. The second kappa shape index (κ2) is 5.10. The quantitative estimate of drug-likeness (QED) is 0.390. The molecule has 0 aromatic heterocycles. The van der Waals surface area contributed by atoms with Crippen molar-refractivity contribution in [3.63, 3.8) is 0 Å². The number of carbonyl (C=O) groups excluding carboxylic acids is 1. The highest BCUT2D eigenvalue weighted by Crippen LogP contribution is 2.12. The van der Waals surface area contributed by atoms with Crippen LogP contribution in [0.15, 0.2) is 41.6 Å². The van der Waals surface area contributed by atoms with Gasteiger partial charge in [-0.05, 0) is 31.6 Å². The maximum atomic E-state index is 11.0. The second-order valence-corrected chi connectivity index (χ2v) is 2.68. The molecule has 3 nitrogen and oxygen atoms in total. The molecule has 3 heteroatoms. The Balaban J connectivity index is 2.61. The van der Waals surface area contributed by atoms with Crippen molar-refractivity contribution in [2.45, 2.75) is 13.8 Å². The maximum Gasteiger partial charge on any atom is 0.330 e. The lowest BCUT2D eigenvalue weighted by atomic mass is 10.2. The van der Waals surface area contributed by atoms with Crippen molar-refractivity contribution in [2.24, 2.45) is 0 Å². The lowest BCUT2D eigenvalue weighted by molar-refractivity contribution is -0.137. The Labute approximate surface area is 83.0 Å². The molecule has 0 amide bonds. The van der Waals surface area contributed by atoms with E-state index in [0.29, 0.717) is 12.4 Å². The van der Waals surface area contributed by atoms with Crippen molar-refractivity contribution in [2.75, 3.05) is 6.61 Å². The fraction of sp³-hybridized carbons (Fsp3) is 0.273. The normalized spacial score (nSPS) is 14.7. The molecular weight excluding hydrogens is 180 g/mol. The van der Waals surface area contributed by atoms with Crippen molar-refractivity contribution >= 4 is 5.97 Å². The van der Waals surface area contributed by atoms with Crippen molar-refractivity contribution in [3.05, 3.63) is 41.6 Å². The first-order valence-electron chi connectivity index (χ1n) is 4.37. The molecule has 0 spiro atoms. The molecule has 1 heterocycles. The summed E-state index contributed by atoms with van der Waals surface area (Å²) in [5.41, 5.74) is 3.72. The molecule has 74 valence electrons. The van der Waals surface area contributed by atoms with E-state index >= 15 is 0 Å². The van der Waals surface area contributed by atoms with Crippen molar-refractivity contribution in [3.8, 4) is 0 Å². The Morgan fingerprint density at radius 2 is 2.50 bits per heavy atom. The first kappa shape index (κ1) is 10.4. The van der Waals surface area contributed by atoms with Crippen LogP contribution in [0.25, 0.3) is 0 Å². The first-order valence-corrected chi connectivity index (χ1v) is 4.37. The molecular formula is C11H12O3. The van der Waals surface area contributed by atoms with Crippen molar-refractivity contribution in [1.29, 1.82) is 0 Å². The predicted molar refractivity (Wildman–Crippen MR) is 52.2 cm³/mol. The van der Waals surface area contributed by atoms with Gasteiger partial charge in [-0.1, -0.05) is 5.73 Å². The highest BCUT2D eigenvalue weighted by molar-refractivity contribution is 5.82. The van der Waals surface area contributed by atoms with Gasteiger partial charge >= 0.3 is 5.97 Å². The van der Waals surface area contributed by atoms with Gasteiger partial charge in [0.25, 0.3) is 0 Å². The third-order valence-corrected chi connectivity index (χ3v) is 1.60. The Kier molecular flexibility index (Phi) is 3.77. The molecule has 1 aliphatic rings. The molecule has 0 bridgehead atoms. The van der Waals surface area contributed by atoms with Gasteiger partial charge in [0.05, 0.1) is 6.61 Å². The summed E-state index contributed by atoms with van der Waals surface area (Å²) in [6, 6.07) is 0. The molecule has 0 fully saturated rings. The molecule has 0 atom stereocenters. The molecule has 1 rings (SSSR count). The van der Waals surface area contributed by atoms with E-state index in [2.05, 4.69) is 5.73 Å². The van der Waals surface area contributed by atoms with Crippen LogP contribution in [0, 0.1) is 0 Å². The summed E-state index contributed by atoms with van der Waals surface area (Å²) >= 11 is 0. The smallest absolute Gasteiger partial charge is 0.330 e. The summed E-state index contributed by atoms with van der Waals surface area (Å²) < 4.78 is 9.86. The van der Waals surface area contributed by atoms with Crippen LogP contribution < -0.4 is 0 Å². The number of ether oxygens (including phenoxy) is 2. The van der Waals surface area contributed by atoms with Crippen LogP contribution in [-0.4, -0.2) is 12.6 Å². The molecule has 1 aliphatic heterocycles. The summed E-state index contributed by atoms with van der Waals surface area (Å²) in [4.78, 5) is 11.0. The van der Waals surface area contributed by atoms with Gasteiger partial charge in [-0.15, -0.1) is 0 Å². The SMILES string of the molecule is CCOC(=O)/C=C/C1=C(C)C=C=CO1. The molecule has 0 unspecified atom stereocenters. The molecule has 0 aromatic carbocycles. The highest BCUT2D eigenvalue weighted by Gasteiger charge is 2.01. The summed E-state index contributed by atoms with van der Waals surface area (Å²) in [6.07, 6.45) is 6.16. The van der Waals surface area contributed by atoms with Gasteiger partial charge in [0, 0.05) is 6.08 Å². The first-order chi connectivity index (χ1) is 6.74. The fourth-order valence-electron chi connectivity index (χ4n) is 0.925. The number of hydrogen-bond acceptors (Lipinski definition) is 3. The van der Waals surface area contributed by atoms with Gasteiger partial charge < -0.3 is 9.47 Å². The standard InChI is InChI=1S/C11H12O3/c1-3-13-11(12)7-6-10-9(2)5-4-8-14-10/h5-8H,3H2,1-2H3/b7-6+. The average Bonchev–Trinajstić information content (AvgIpc) is 2.17. The third-order valence-electron chi connectivity index (χ3n) is 1.60. The van der Waals surface area contributed by atoms with Gasteiger partial charge in [0.1, 0.15) is 12.0 Å². The summed E-state index contributed by atoms with van der Waals surface area (Å²) in [5, 5.41) is 0. The zero-order valence-electron chi connectivity index (χ0n) is 8.24. The zero-order chi connectivity index (χ0) is 10.4. The number of esters is 1. The van der Waals surface area contributed by atoms with Crippen LogP contribution in [0.1, 0.15) is 13.8 Å². The summed E-state index contributed by atoms with van der Waals surface area (Å²) in [5.74, 6) is 0.270. The topological polar surface area (TPSA) is 35.5 Å². The van der Waals surface area contributed by atoms with Gasteiger partial charge in [0.15, 0.2) is 0 Å². The fourth-order valence-corrected chi connectivity index (χ4v) is 0.925. The molecule has 0 saturated carbocycles. The van der Waals surface area contributed by atoms with Crippen LogP contribution in [0.5, 0.6) is 0 Å². The minimum Gasteiger partial charge on any atom is -0.463 e. The van der Waals surface area contributed by atoms with Crippen molar-refractivity contribution in [1.82, 2.24) is 0 Å². The minimum atomic E-state index is -0.366. The Morgan fingerprint density at radius 1 is 1.71 bits per heavy atom. The van der Waals surface area contributed by atoms with E-state index in [1.165, 1.54) is 12.3 Å². The second-order valence-electron chi connectivity index (χ2n) is 2.68. The zero-order valence-corrected chi connectivity index (χ0v) is 8.24. The highest BCUT2D eigenvalue weighted by atomic mass is 16.5. The Morgan fingerprint density at radius 3 is 3.14 bits per heavy atom. The lowest BCUT2D eigenvalue weighted by Crippen LogP contribution is -1.99. The maximum absolute atomic E-state index is 11.0. The van der Waals surface area contributed by atoms with Crippen LogP contribution in [0.3, 0.4) is 0 Å². The number of rotatable bonds is 3. The number of carbonyl (C=O) groups is 1. The summed E-state index contributed by atoms with van der Waals surface area (Å²) in [7, 11) is 0. The van der Waals surface area contributed by atoms with Gasteiger partial charge in [-0.3, -0.25) is 0 Å². The van der Waals surface area contributed by atoms with E-state index in [1.807, 2.05) is 6.92 Å². The number of hydrogen-bond donors (Lipinski definition) is 0. The Hall–Kier alpha value is -1.73. The van der Waals surface area contributed by atoms with Crippen LogP contribution >= 0.6 is 0 Å². The van der Waals surface area contributed by atoms with Gasteiger partial charge in [-0.2, -0.15) is 0 Å². The van der Waals surface area contributed by atoms with E-state index in [9.17, 15) is 4.79 Å². The molecule has 0 saturated heterocycles. The van der Waals surface area contributed by atoms with Gasteiger partial charge in [-0.25, -0.2) is 4.79 Å². The largest absolute Gasteiger partial charge is 0.463 e. The van der Waals surface area contributed by atoms with E-state index in [4.69, 9.17) is 9.47 Å². The molecule has 14 heavy (non-hydrogen) atoms. The third kappa shape index (κ3) is 2.96. The van der Waals surface area contributed by atoms with Gasteiger partial charge in [0.2, 0.25) is 0 Å². The van der Waals surface area contributed by atoms with Crippen LogP contribution in [0.4, 0.5) is 0 Å². The van der Waals surface area contributed by atoms with Crippen LogP contribution in [-0.2, 0) is 14.3 Å². The average molecular weight is 192 g/mol. The van der Waals surface area contributed by atoms with Crippen LogP contribution in [0.2, 0.25) is 0 Å². The Bertz CT molecular complexity index is 342. The van der Waals surface area contributed by atoms with Crippen molar-refractivity contribution < 1.29 is 14.3 Å². The number of allylic oxidation sites excluding steroid dienone is 3. The molecule has 0 radical (unpaired) electrons. The lowest BCUT2D eigenvalue weighted by Gasteiger charge is -2.05. The molecule has 0 aliphatic carbocycles. The summed E-state index contributed by atoms with van der Waals surface area (Å²) in [6.45, 7) is 4.02. The predicted octanol–water partition coefficient (Wildman–Crippen LogP) is 2.08. The van der Waals surface area contributed by atoms with E-state index in [0.717, 1.165) is 5.57 Å².